The number of nitrogens with zero attached hydrogens (tertiary/aromatic N) is 1. The van der Waals surface area contributed by atoms with Crippen molar-refractivity contribution in [1.29, 1.82) is 0 Å². The van der Waals surface area contributed by atoms with Crippen LogP contribution in [-0.2, 0) is 9.53 Å². The predicted octanol–water partition coefficient (Wildman–Crippen LogP) is 0.127. The van der Waals surface area contributed by atoms with E-state index < -0.39 is 0 Å². The summed E-state index contributed by atoms with van der Waals surface area (Å²) in [5, 5.41) is 12.6. The highest BCUT2D eigenvalue weighted by Crippen LogP contribution is 2.14. The fourth-order valence-electron chi connectivity index (χ4n) is 2.67. The Kier molecular flexibility index (Phi) is 4.97. The molecule has 104 valence electrons. The Hall–Kier alpha value is -0.650. The van der Waals surface area contributed by atoms with Gasteiger partial charge < -0.3 is 15.2 Å². The second kappa shape index (κ2) is 6.50. The normalized spacial score (nSPS) is 31.2. The van der Waals surface area contributed by atoms with E-state index in [1.807, 2.05) is 6.92 Å². The van der Waals surface area contributed by atoms with E-state index in [9.17, 15) is 9.90 Å². The zero-order valence-electron chi connectivity index (χ0n) is 11.1. The molecule has 2 N–H and O–H groups in total. The number of β-amino-alcohol motifs (C(OH)–C–C–N with tert-alkyl or cyclic N) is 1. The molecule has 2 aliphatic rings. The number of carbonyl (C=O) groups is 1. The van der Waals surface area contributed by atoms with Gasteiger partial charge in [-0.2, -0.15) is 0 Å². The molecule has 0 spiro atoms. The molecule has 18 heavy (non-hydrogen) atoms. The molecule has 2 saturated heterocycles. The van der Waals surface area contributed by atoms with Gasteiger partial charge in [-0.15, -0.1) is 0 Å². The molecule has 0 aromatic carbocycles. The van der Waals surface area contributed by atoms with E-state index in [0.29, 0.717) is 13.1 Å². The summed E-state index contributed by atoms with van der Waals surface area (Å²) >= 11 is 0. The SMILES string of the molecule is CC(C(=O)NCC1CCCO1)N1CCCC(O)C1. The largest absolute Gasteiger partial charge is 0.392 e. The van der Waals surface area contributed by atoms with Gasteiger partial charge in [-0.25, -0.2) is 0 Å². The van der Waals surface area contributed by atoms with Gasteiger partial charge in [0, 0.05) is 19.7 Å². The molecule has 3 unspecified atom stereocenters. The van der Waals surface area contributed by atoms with Crippen molar-refractivity contribution in [1.82, 2.24) is 10.2 Å². The Bertz CT molecular complexity index is 279. The number of ether oxygens (including phenoxy) is 1. The highest BCUT2D eigenvalue weighted by atomic mass is 16.5. The monoisotopic (exact) mass is 256 g/mol. The third-order valence-electron chi connectivity index (χ3n) is 3.88. The first-order valence-electron chi connectivity index (χ1n) is 6.98. The van der Waals surface area contributed by atoms with Crippen LogP contribution in [0, 0.1) is 0 Å². The number of carbonyl (C=O) groups excluding carboxylic acids is 1. The maximum absolute atomic E-state index is 12.0. The summed E-state index contributed by atoms with van der Waals surface area (Å²) in [7, 11) is 0. The van der Waals surface area contributed by atoms with Gasteiger partial charge in [-0.1, -0.05) is 0 Å². The second-order valence-electron chi connectivity index (χ2n) is 5.35. The molecule has 0 bridgehead atoms. The summed E-state index contributed by atoms with van der Waals surface area (Å²) in [5.41, 5.74) is 0. The van der Waals surface area contributed by atoms with Gasteiger partial charge in [0.25, 0.3) is 0 Å². The number of rotatable bonds is 4. The van der Waals surface area contributed by atoms with Crippen LogP contribution < -0.4 is 5.32 Å². The van der Waals surface area contributed by atoms with Crippen LogP contribution in [0.4, 0.5) is 0 Å². The van der Waals surface area contributed by atoms with E-state index in [-0.39, 0.29) is 24.2 Å². The van der Waals surface area contributed by atoms with Crippen molar-refractivity contribution >= 4 is 5.91 Å². The van der Waals surface area contributed by atoms with E-state index in [1.54, 1.807) is 0 Å². The van der Waals surface area contributed by atoms with Crippen LogP contribution in [0.15, 0.2) is 0 Å². The van der Waals surface area contributed by atoms with Crippen molar-refractivity contribution in [2.24, 2.45) is 0 Å². The number of piperidine rings is 1. The Labute approximate surface area is 108 Å². The molecule has 1 amide bonds. The van der Waals surface area contributed by atoms with Gasteiger partial charge in [0.1, 0.15) is 0 Å². The standard InChI is InChI=1S/C13H24N2O3/c1-10(15-6-2-4-11(16)9-15)13(17)14-8-12-5-3-7-18-12/h10-12,16H,2-9H2,1H3,(H,14,17). The lowest BCUT2D eigenvalue weighted by molar-refractivity contribution is -0.127. The molecule has 2 rings (SSSR count). The number of amides is 1. The first kappa shape index (κ1) is 13.8. The van der Waals surface area contributed by atoms with Gasteiger partial charge >= 0.3 is 0 Å². The van der Waals surface area contributed by atoms with Crippen molar-refractivity contribution in [3.05, 3.63) is 0 Å². The number of hydrogen-bond acceptors (Lipinski definition) is 4. The first-order chi connectivity index (χ1) is 8.66. The maximum Gasteiger partial charge on any atom is 0.237 e. The number of aliphatic hydroxyl groups excluding tert-OH is 1. The number of hydrogen-bond donors (Lipinski definition) is 2. The molecule has 0 aromatic rings. The first-order valence-corrected chi connectivity index (χ1v) is 6.98. The molecule has 0 radical (unpaired) electrons. The average molecular weight is 256 g/mol. The van der Waals surface area contributed by atoms with Crippen LogP contribution in [0.3, 0.4) is 0 Å². The van der Waals surface area contributed by atoms with Crippen LogP contribution in [0.5, 0.6) is 0 Å². The van der Waals surface area contributed by atoms with Crippen LogP contribution in [-0.4, -0.2) is 60.4 Å². The molecular formula is C13H24N2O3. The van der Waals surface area contributed by atoms with Crippen LogP contribution in [0.2, 0.25) is 0 Å². The molecule has 0 aliphatic carbocycles. The molecule has 5 nitrogen and oxygen atoms in total. The van der Waals surface area contributed by atoms with Crippen LogP contribution in [0.1, 0.15) is 32.6 Å². The fourth-order valence-corrected chi connectivity index (χ4v) is 2.67. The Morgan fingerprint density at radius 2 is 2.33 bits per heavy atom. The lowest BCUT2D eigenvalue weighted by Gasteiger charge is -2.34. The van der Waals surface area contributed by atoms with Gasteiger partial charge in [-0.3, -0.25) is 9.69 Å². The zero-order chi connectivity index (χ0) is 13.0. The smallest absolute Gasteiger partial charge is 0.237 e. The summed E-state index contributed by atoms with van der Waals surface area (Å²) < 4.78 is 5.48. The summed E-state index contributed by atoms with van der Waals surface area (Å²) in [5.74, 6) is 0.0413. The number of aliphatic hydroxyl groups is 1. The van der Waals surface area contributed by atoms with Crippen molar-refractivity contribution in [3.8, 4) is 0 Å². The molecule has 2 heterocycles. The Morgan fingerprint density at radius 1 is 1.50 bits per heavy atom. The van der Waals surface area contributed by atoms with Crippen molar-refractivity contribution in [2.45, 2.75) is 50.9 Å². The summed E-state index contributed by atoms with van der Waals surface area (Å²) in [6.45, 7) is 4.83. The van der Waals surface area contributed by atoms with E-state index in [4.69, 9.17) is 4.74 Å². The van der Waals surface area contributed by atoms with Gasteiger partial charge in [0.2, 0.25) is 5.91 Å². The molecule has 0 aromatic heterocycles. The average Bonchev–Trinajstić information content (AvgIpc) is 2.88. The highest BCUT2D eigenvalue weighted by Gasteiger charge is 2.27. The molecule has 0 saturated carbocycles. The molecule has 5 heteroatoms. The van der Waals surface area contributed by atoms with E-state index in [0.717, 1.165) is 38.8 Å². The van der Waals surface area contributed by atoms with Crippen LogP contribution in [0.25, 0.3) is 0 Å². The lowest BCUT2D eigenvalue weighted by Crippen LogP contribution is -2.51. The van der Waals surface area contributed by atoms with Crippen LogP contribution >= 0.6 is 0 Å². The Balaban J connectivity index is 1.73. The predicted molar refractivity (Wildman–Crippen MR) is 68.3 cm³/mol. The highest BCUT2D eigenvalue weighted by molar-refractivity contribution is 5.81. The number of likely N-dealkylation sites (tertiary alicyclic amines) is 1. The lowest BCUT2D eigenvalue weighted by atomic mass is 10.1. The van der Waals surface area contributed by atoms with Gasteiger partial charge in [0.15, 0.2) is 0 Å². The topological polar surface area (TPSA) is 61.8 Å². The fraction of sp³-hybridized carbons (Fsp3) is 0.923. The van der Waals surface area contributed by atoms with Gasteiger partial charge in [0.05, 0.1) is 18.2 Å². The molecule has 2 aliphatic heterocycles. The van der Waals surface area contributed by atoms with Crippen molar-refractivity contribution in [2.75, 3.05) is 26.2 Å². The molecule has 3 atom stereocenters. The van der Waals surface area contributed by atoms with Gasteiger partial charge in [-0.05, 0) is 39.2 Å². The molecule has 2 fully saturated rings. The van der Waals surface area contributed by atoms with Crippen molar-refractivity contribution in [3.63, 3.8) is 0 Å². The third kappa shape index (κ3) is 3.67. The maximum atomic E-state index is 12.0. The minimum Gasteiger partial charge on any atom is -0.392 e. The van der Waals surface area contributed by atoms with E-state index in [2.05, 4.69) is 10.2 Å². The summed E-state index contributed by atoms with van der Waals surface area (Å²) in [4.78, 5) is 14.1. The third-order valence-corrected chi connectivity index (χ3v) is 3.88. The minimum atomic E-state index is -0.285. The molecular weight excluding hydrogens is 232 g/mol. The number of nitrogens with one attached hydrogen (secondary N) is 1. The van der Waals surface area contributed by atoms with E-state index >= 15 is 0 Å². The quantitative estimate of drug-likeness (QED) is 0.750. The second-order valence-corrected chi connectivity index (χ2v) is 5.35. The van der Waals surface area contributed by atoms with E-state index in [1.165, 1.54) is 0 Å². The Morgan fingerprint density at radius 3 is 3.00 bits per heavy atom. The van der Waals surface area contributed by atoms with Crippen molar-refractivity contribution < 1.29 is 14.6 Å². The zero-order valence-corrected chi connectivity index (χ0v) is 11.1. The summed E-state index contributed by atoms with van der Waals surface area (Å²) in [6.07, 6.45) is 3.84. The minimum absolute atomic E-state index is 0.0413. The summed E-state index contributed by atoms with van der Waals surface area (Å²) in [6, 6.07) is -0.165.